The highest BCUT2D eigenvalue weighted by Gasteiger charge is 2.18. The van der Waals surface area contributed by atoms with Crippen molar-refractivity contribution in [2.45, 2.75) is 57.4 Å². The number of hydrogen-bond donors (Lipinski definition) is 2. The molecule has 0 aliphatic heterocycles. The van der Waals surface area contributed by atoms with Crippen molar-refractivity contribution in [3.63, 3.8) is 0 Å². The Morgan fingerprint density at radius 2 is 2.14 bits per heavy atom. The molecule has 0 radical (unpaired) electrons. The summed E-state index contributed by atoms with van der Waals surface area (Å²) in [7, 11) is 2.04. The number of carboxylic acid groups (broad SMARTS) is 1. The Labute approximate surface area is 127 Å². The minimum absolute atomic E-state index is 0.393. The lowest BCUT2D eigenvalue weighted by atomic mass is 9.95. The number of hydrogen-bond acceptors (Lipinski definition) is 3. The molecule has 21 heavy (non-hydrogen) atoms. The molecule has 0 aromatic rings. The number of carboxylic acids is 1. The van der Waals surface area contributed by atoms with Gasteiger partial charge in [0.15, 0.2) is 0 Å². The van der Waals surface area contributed by atoms with Crippen LogP contribution in [0.1, 0.15) is 51.4 Å². The van der Waals surface area contributed by atoms with Crippen LogP contribution >= 0.6 is 0 Å². The second kappa shape index (κ2) is 9.55. The van der Waals surface area contributed by atoms with Crippen LogP contribution in [-0.2, 0) is 4.79 Å². The molecule has 1 rings (SSSR count). The van der Waals surface area contributed by atoms with Crippen molar-refractivity contribution in [1.29, 1.82) is 0 Å². The molecule has 1 aliphatic carbocycles. The van der Waals surface area contributed by atoms with Gasteiger partial charge in [-0.3, -0.25) is 4.79 Å². The molecule has 1 unspecified atom stereocenters. The highest BCUT2D eigenvalue weighted by atomic mass is 16.4. The Bertz CT molecular complexity index is 363. The maximum Gasteiger partial charge on any atom is 0.306 e. The lowest BCUT2D eigenvalue weighted by Crippen LogP contribution is -2.32. The van der Waals surface area contributed by atoms with Gasteiger partial charge in [-0.05, 0) is 32.2 Å². The fourth-order valence-corrected chi connectivity index (χ4v) is 2.77. The molecule has 1 atom stereocenters. The average molecular weight is 295 g/mol. The van der Waals surface area contributed by atoms with Gasteiger partial charge in [0.2, 0.25) is 0 Å². The summed E-state index contributed by atoms with van der Waals surface area (Å²) in [6.45, 7) is 4.40. The summed E-state index contributed by atoms with van der Waals surface area (Å²) in [5.41, 5.74) is 6.06. The van der Waals surface area contributed by atoms with E-state index in [0.717, 1.165) is 6.42 Å². The smallest absolute Gasteiger partial charge is 0.306 e. The first-order valence-electron chi connectivity index (χ1n) is 7.91. The van der Waals surface area contributed by atoms with Crippen LogP contribution < -0.4 is 5.73 Å². The number of nitrogens with two attached hydrogens (primary N) is 1. The van der Waals surface area contributed by atoms with Crippen LogP contribution in [0, 0.1) is 5.92 Å². The quantitative estimate of drug-likeness (QED) is 0.506. The lowest BCUT2D eigenvalue weighted by molar-refractivity contribution is -0.141. The van der Waals surface area contributed by atoms with Crippen molar-refractivity contribution in [3.8, 4) is 0 Å². The van der Waals surface area contributed by atoms with Crippen molar-refractivity contribution < 1.29 is 9.90 Å². The summed E-state index contributed by atoms with van der Waals surface area (Å²) in [6, 6.07) is 0.558. The monoisotopic (exact) mass is 295 g/mol. The van der Waals surface area contributed by atoms with Gasteiger partial charge in [-0.25, -0.2) is 4.99 Å². The van der Waals surface area contributed by atoms with Crippen LogP contribution in [-0.4, -0.2) is 41.9 Å². The third kappa shape index (κ3) is 6.76. The minimum Gasteiger partial charge on any atom is -0.481 e. The molecule has 0 aromatic heterocycles. The molecule has 0 aromatic carbocycles. The first-order chi connectivity index (χ1) is 10.0. The van der Waals surface area contributed by atoms with Gasteiger partial charge in [0, 0.05) is 25.2 Å². The van der Waals surface area contributed by atoms with Gasteiger partial charge in [-0.15, -0.1) is 0 Å². The largest absolute Gasteiger partial charge is 0.481 e. The average Bonchev–Trinajstić information content (AvgIpc) is 2.49. The molecule has 1 aliphatic rings. The molecule has 5 nitrogen and oxygen atoms in total. The first kappa shape index (κ1) is 17.7. The number of allylic oxidation sites excluding steroid dienone is 1. The molecule has 5 heteroatoms. The van der Waals surface area contributed by atoms with Crippen LogP contribution in [0.3, 0.4) is 0 Å². The summed E-state index contributed by atoms with van der Waals surface area (Å²) in [4.78, 5) is 17.7. The van der Waals surface area contributed by atoms with Gasteiger partial charge in [-0.2, -0.15) is 0 Å². The van der Waals surface area contributed by atoms with Gasteiger partial charge in [0.25, 0.3) is 0 Å². The van der Waals surface area contributed by atoms with E-state index in [9.17, 15) is 9.90 Å². The van der Waals surface area contributed by atoms with Crippen LogP contribution in [0.5, 0.6) is 0 Å². The Morgan fingerprint density at radius 3 is 2.71 bits per heavy atom. The third-order valence-corrected chi connectivity index (χ3v) is 4.16. The Hall–Kier alpha value is -1.36. The zero-order valence-corrected chi connectivity index (χ0v) is 13.1. The minimum atomic E-state index is -0.791. The highest BCUT2D eigenvalue weighted by Crippen LogP contribution is 2.21. The predicted molar refractivity (Wildman–Crippen MR) is 86.3 cm³/mol. The maximum absolute atomic E-state index is 11.2. The van der Waals surface area contributed by atoms with Gasteiger partial charge >= 0.3 is 5.97 Å². The molecule has 0 spiro atoms. The normalized spacial score (nSPS) is 17.8. The number of aliphatic carboxylic acids is 1. The topological polar surface area (TPSA) is 78.9 Å². The summed E-state index contributed by atoms with van der Waals surface area (Å²) in [5, 5.41) is 9.19. The fourth-order valence-electron chi connectivity index (χ4n) is 2.77. The predicted octanol–water partition coefficient (Wildman–Crippen LogP) is 2.62. The van der Waals surface area contributed by atoms with Gasteiger partial charge < -0.3 is 15.7 Å². The van der Waals surface area contributed by atoms with E-state index in [2.05, 4.69) is 16.5 Å². The van der Waals surface area contributed by atoms with Crippen molar-refractivity contribution in [1.82, 2.24) is 4.90 Å². The van der Waals surface area contributed by atoms with Crippen LogP contribution in [0.15, 0.2) is 17.3 Å². The number of aliphatic imine (C=N–C) groups is 1. The van der Waals surface area contributed by atoms with E-state index in [1.54, 1.807) is 6.34 Å². The Balaban J connectivity index is 2.42. The summed E-state index contributed by atoms with van der Waals surface area (Å²) in [5.74, 6) is -1.22. The SMILES string of the molecule is C=C(CC(CCCN)C(=O)O)N=CN(C)C1CCCCC1. The fraction of sp³-hybridized carbons (Fsp3) is 0.750. The van der Waals surface area contributed by atoms with Crippen LogP contribution in [0.4, 0.5) is 0 Å². The first-order valence-corrected chi connectivity index (χ1v) is 7.91. The molecular weight excluding hydrogens is 266 g/mol. The molecule has 0 amide bonds. The third-order valence-electron chi connectivity index (χ3n) is 4.16. The highest BCUT2D eigenvalue weighted by molar-refractivity contribution is 5.70. The van der Waals surface area contributed by atoms with E-state index in [1.807, 2.05) is 7.05 Å². The van der Waals surface area contributed by atoms with Crippen LogP contribution in [0.2, 0.25) is 0 Å². The van der Waals surface area contributed by atoms with E-state index in [-0.39, 0.29) is 0 Å². The van der Waals surface area contributed by atoms with Gasteiger partial charge in [0.1, 0.15) is 0 Å². The lowest BCUT2D eigenvalue weighted by Gasteiger charge is -2.29. The second-order valence-corrected chi connectivity index (χ2v) is 5.94. The zero-order chi connectivity index (χ0) is 15.7. The van der Waals surface area contributed by atoms with Crippen LogP contribution in [0.25, 0.3) is 0 Å². The molecule has 120 valence electrons. The number of nitrogens with zero attached hydrogens (tertiary/aromatic N) is 2. The second-order valence-electron chi connectivity index (χ2n) is 5.94. The molecule has 0 bridgehead atoms. The number of carbonyl (C=O) groups is 1. The molecule has 3 N–H and O–H groups in total. The van der Waals surface area contributed by atoms with E-state index < -0.39 is 11.9 Å². The van der Waals surface area contributed by atoms with Gasteiger partial charge in [0.05, 0.1) is 12.3 Å². The van der Waals surface area contributed by atoms with E-state index in [4.69, 9.17) is 5.73 Å². The Morgan fingerprint density at radius 1 is 1.48 bits per heavy atom. The van der Waals surface area contributed by atoms with Crippen molar-refractivity contribution in [2.75, 3.05) is 13.6 Å². The molecule has 1 fully saturated rings. The van der Waals surface area contributed by atoms with Crippen molar-refractivity contribution >= 4 is 12.3 Å². The van der Waals surface area contributed by atoms with Crippen molar-refractivity contribution in [2.24, 2.45) is 16.6 Å². The van der Waals surface area contributed by atoms with E-state index >= 15 is 0 Å². The summed E-state index contributed by atoms with van der Waals surface area (Å²) < 4.78 is 0. The standard InChI is InChI=1S/C16H29N3O2/c1-13(11-14(16(20)21)7-6-10-17)18-12-19(2)15-8-4-3-5-9-15/h12,14-15H,1,3-11,17H2,2H3,(H,20,21). The summed E-state index contributed by atoms with van der Waals surface area (Å²) in [6.07, 6.45) is 9.81. The van der Waals surface area contributed by atoms with Gasteiger partial charge in [-0.1, -0.05) is 25.8 Å². The van der Waals surface area contributed by atoms with E-state index in [1.165, 1.54) is 32.1 Å². The van der Waals surface area contributed by atoms with Crippen molar-refractivity contribution in [3.05, 3.63) is 12.3 Å². The Kier molecular flexibility index (Phi) is 8.05. The summed E-state index contributed by atoms with van der Waals surface area (Å²) >= 11 is 0. The number of rotatable bonds is 9. The van der Waals surface area contributed by atoms with E-state index in [0.29, 0.717) is 31.1 Å². The molecule has 0 heterocycles. The molecule has 1 saturated carbocycles. The molecular formula is C16H29N3O2. The maximum atomic E-state index is 11.2. The molecule has 0 saturated heterocycles. The zero-order valence-electron chi connectivity index (χ0n) is 13.1.